The fourth-order valence-corrected chi connectivity index (χ4v) is 8.12. The lowest BCUT2D eigenvalue weighted by Crippen LogP contribution is -2.48. The summed E-state index contributed by atoms with van der Waals surface area (Å²) in [6, 6.07) is 16.0. The number of ether oxygens (including phenoxy) is 5. The van der Waals surface area contributed by atoms with Crippen LogP contribution in [0.15, 0.2) is 48.5 Å². The second-order valence-corrected chi connectivity index (χ2v) is 20.7. The summed E-state index contributed by atoms with van der Waals surface area (Å²) >= 11 is 0. The molecule has 0 radical (unpaired) electrons. The van der Waals surface area contributed by atoms with Crippen LogP contribution in [0.25, 0.3) is 0 Å². The highest BCUT2D eigenvalue weighted by atomic mass is 28.4. The fourth-order valence-electron chi connectivity index (χ4n) is 6.62. The lowest BCUT2D eigenvalue weighted by atomic mass is 9.82. The van der Waals surface area contributed by atoms with Crippen molar-refractivity contribution in [2.24, 2.45) is 29.6 Å². The molecule has 2 aromatic carbocycles. The van der Waals surface area contributed by atoms with Crippen molar-refractivity contribution in [3.8, 4) is 11.5 Å². The Kier molecular flexibility index (Phi) is 15.5. The molecule has 1 heterocycles. The Morgan fingerprint density at radius 3 is 1.98 bits per heavy atom. The van der Waals surface area contributed by atoms with E-state index in [1.165, 1.54) is 0 Å². The van der Waals surface area contributed by atoms with E-state index in [0.717, 1.165) is 41.9 Å². The summed E-state index contributed by atoms with van der Waals surface area (Å²) < 4.78 is 37.2. The maximum Gasteiger partial charge on any atom is 0.192 e. The molecule has 1 N–H and O–H groups in total. The SMILES string of the molecule is COc1ccc(COC[C@H](C)[C@H](O[Si](C)(C)C(C)(C)C)[C@@H](C)C[C@H](C)CC[C@H]2O[C@@H](c3ccc(OC)cc3)O[C@@H]([C@@H](C)CO)[C@H]2C)cc1. The molecule has 8 heteroatoms. The van der Waals surface area contributed by atoms with Gasteiger partial charge >= 0.3 is 0 Å². The molecule has 0 bridgehead atoms. The van der Waals surface area contributed by atoms with Crippen LogP contribution < -0.4 is 9.47 Å². The van der Waals surface area contributed by atoms with Gasteiger partial charge in [-0.3, -0.25) is 0 Å². The standard InChI is InChI=1S/C40H66O7Si/c1-27(13-22-36-31(5)38(29(3)24-41)46-39(45-36)33-16-20-35(43-10)21-17-33)23-28(2)37(47-48(11,12)40(6,7)8)30(4)25-44-26-32-14-18-34(42-9)19-15-32/h14-21,27-31,36-39,41H,13,22-26H2,1-12H3/t27-,28+,29+,30+,31+,36-,37-,38+,39-/m1/s1. The lowest BCUT2D eigenvalue weighted by Gasteiger charge is -2.44. The molecule has 0 amide bonds. The molecule has 1 fully saturated rings. The first-order valence-corrected chi connectivity index (χ1v) is 20.9. The van der Waals surface area contributed by atoms with Crippen LogP contribution in [0.4, 0.5) is 0 Å². The fraction of sp³-hybridized carbons (Fsp3) is 0.700. The van der Waals surface area contributed by atoms with Crippen molar-refractivity contribution >= 4 is 8.32 Å². The van der Waals surface area contributed by atoms with Gasteiger partial charge in [0.1, 0.15) is 11.5 Å². The number of hydrogen-bond donors (Lipinski definition) is 1. The second-order valence-electron chi connectivity index (χ2n) is 16.0. The molecule has 1 saturated heterocycles. The van der Waals surface area contributed by atoms with E-state index in [2.05, 4.69) is 80.6 Å². The summed E-state index contributed by atoms with van der Waals surface area (Å²) in [6.07, 6.45) is 2.64. The molecule has 0 aromatic heterocycles. The monoisotopic (exact) mass is 686 g/mol. The van der Waals surface area contributed by atoms with Crippen LogP contribution >= 0.6 is 0 Å². The van der Waals surface area contributed by atoms with Crippen LogP contribution in [0, 0.1) is 29.6 Å². The quantitative estimate of drug-likeness (QED) is 0.157. The van der Waals surface area contributed by atoms with Gasteiger partial charge in [0.05, 0.1) is 45.7 Å². The molecule has 0 saturated carbocycles. The second kappa shape index (κ2) is 18.3. The van der Waals surface area contributed by atoms with E-state index in [1.54, 1.807) is 14.2 Å². The lowest BCUT2D eigenvalue weighted by molar-refractivity contribution is -0.283. The molecule has 0 aliphatic carbocycles. The predicted octanol–water partition coefficient (Wildman–Crippen LogP) is 9.44. The molecule has 48 heavy (non-hydrogen) atoms. The van der Waals surface area contributed by atoms with E-state index in [0.29, 0.717) is 25.0 Å². The van der Waals surface area contributed by atoms with Crippen molar-refractivity contribution in [3.63, 3.8) is 0 Å². The van der Waals surface area contributed by atoms with E-state index >= 15 is 0 Å². The first-order chi connectivity index (χ1) is 22.6. The number of rotatable bonds is 18. The average molecular weight is 687 g/mol. The molecule has 0 spiro atoms. The molecule has 1 aliphatic heterocycles. The van der Waals surface area contributed by atoms with Gasteiger partial charge < -0.3 is 33.2 Å². The van der Waals surface area contributed by atoms with Gasteiger partial charge in [0, 0.05) is 29.9 Å². The first kappa shape index (κ1) is 40.5. The highest BCUT2D eigenvalue weighted by molar-refractivity contribution is 6.74. The average Bonchev–Trinajstić information content (AvgIpc) is 3.06. The normalized spacial score (nSPS) is 23.6. The zero-order valence-corrected chi connectivity index (χ0v) is 33.0. The minimum atomic E-state index is -2.01. The summed E-state index contributed by atoms with van der Waals surface area (Å²) in [6.45, 7) is 24.2. The minimum Gasteiger partial charge on any atom is -0.497 e. The van der Waals surface area contributed by atoms with Gasteiger partial charge in [-0.25, -0.2) is 0 Å². The topological polar surface area (TPSA) is 75.6 Å². The van der Waals surface area contributed by atoms with Crippen molar-refractivity contribution in [1.82, 2.24) is 0 Å². The molecule has 272 valence electrons. The first-order valence-electron chi connectivity index (χ1n) is 18.0. The summed E-state index contributed by atoms with van der Waals surface area (Å²) in [4.78, 5) is 0. The Morgan fingerprint density at radius 2 is 1.44 bits per heavy atom. The Labute approximate surface area is 293 Å². The molecule has 9 atom stereocenters. The number of aliphatic hydroxyl groups is 1. The summed E-state index contributed by atoms with van der Waals surface area (Å²) in [7, 11) is 1.34. The van der Waals surface area contributed by atoms with E-state index in [-0.39, 0.29) is 47.7 Å². The third-order valence-corrected chi connectivity index (χ3v) is 15.3. The summed E-state index contributed by atoms with van der Waals surface area (Å²) in [5.74, 6) is 2.96. The summed E-state index contributed by atoms with van der Waals surface area (Å²) in [5, 5.41) is 10.2. The molecular weight excluding hydrogens is 621 g/mol. The highest BCUT2D eigenvalue weighted by Gasteiger charge is 2.42. The van der Waals surface area contributed by atoms with Crippen molar-refractivity contribution in [2.75, 3.05) is 27.4 Å². The molecule has 2 aromatic rings. The Hall–Kier alpha value is -1.94. The molecule has 7 nitrogen and oxygen atoms in total. The van der Waals surface area contributed by atoms with Crippen LogP contribution in [-0.2, 0) is 25.2 Å². The van der Waals surface area contributed by atoms with Gasteiger partial charge in [-0.2, -0.15) is 0 Å². The van der Waals surface area contributed by atoms with Crippen molar-refractivity contribution in [2.45, 2.75) is 124 Å². The van der Waals surface area contributed by atoms with Gasteiger partial charge in [0.2, 0.25) is 0 Å². The van der Waals surface area contributed by atoms with Crippen molar-refractivity contribution in [1.29, 1.82) is 0 Å². The van der Waals surface area contributed by atoms with Crippen LogP contribution in [0.5, 0.6) is 11.5 Å². The van der Waals surface area contributed by atoms with E-state index < -0.39 is 14.6 Å². The van der Waals surface area contributed by atoms with Gasteiger partial charge in [-0.15, -0.1) is 0 Å². The van der Waals surface area contributed by atoms with Crippen LogP contribution in [0.1, 0.15) is 92.1 Å². The van der Waals surface area contributed by atoms with Gasteiger partial charge in [0.15, 0.2) is 14.6 Å². The van der Waals surface area contributed by atoms with E-state index in [1.807, 2.05) is 36.4 Å². The van der Waals surface area contributed by atoms with Gasteiger partial charge in [-0.1, -0.05) is 79.7 Å². The van der Waals surface area contributed by atoms with Crippen LogP contribution in [0.3, 0.4) is 0 Å². The largest absolute Gasteiger partial charge is 0.497 e. The minimum absolute atomic E-state index is 0.0197. The maximum absolute atomic E-state index is 10.0. The van der Waals surface area contributed by atoms with Crippen LogP contribution in [-0.4, -0.2) is 59.2 Å². The Bertz CT molecular complexity index is 1200. The number of aliphatic hydroxyl groups excluding tert-OH is 1. The molecule has 0 unspecified atom stereocenters. The number of benzene rings is 2. The maximum atomic E-state index is 10.0. The van der Waals surface area contributed by atoms with E-state index in [9.17, 15) is 5.11 Å². The van der Waals surface area contributed by atoms with E-state index in [4.69, 9.17) is 28.1 Å². The highest BCUT2D eigenvalue weighted by Crippen LogP contribution is 2.41. The third kappa shape index (κ3) is 11.3. The molecule has 1 aliphatic rings. The predicted molar refractivity (Wildman–Crippen MR) is 197 cm³/mol. The molecular formula is C40H66O7Si. The number of hydrogen-bond acceptors (Lipinski definition) is 7. The smallest absolute Gasteiger partial charge is 0.192 e. The van der Waals surface area contributed by atoms with Crippen molar-refractivity contribution < 1.29 is 33.2 Å². The van der Waals surface area contributed by atoms with Gasteiger partial charge in [0.25, 0.3) is 0 Å². The Morgan fingerprint density at radius 1 is 0.854 bits per heavy atom. The zero-order chi connectivity index (χ0) is 35.6. The van der Waals surface area contributed by atoms with Gasteiger partial charge in [-0.05, 0) is 79.1 Å². The van der Waals surface area contributed by atoms with Crippen LogP contribution in [0.2, 0.25) is 18.1 Å². The Balaban J connectivity index is 1.66. The third-order valence-electron chi connectivity index (χ3n) is 10.8. The molecule has 3 rings (SSSR count). The number of methoxy groups -OCH3 is 2. The summed E-state index contributed by atoms with van der Waals surface area (Å²) in [5.41, 5.74) is 2.11. The zero-order valence-electron chi connectivity index (χ0n) is 32.0. The van der Waals surface area contributed by atoms with Crippen molar-refractivity contribution in [3.05, 3.63) is 59.7 Å².